The molecule has 1 aromatic carbocycles. The van der Waals surface area contributed by atoms with E-state index in [4.69, 9.17) is 4.52 Å². The van der Waals surface area contributed by atoms with Gasteiger partial charge >= 0.3 is 0 Å². The summed E-state index contributed by atoms with van der Waals surface area (Å²) in [7, 11) is 0. The number of benzene rings is 1. The van der Waals surface area contributed by atoms with E-state index in [1.165, 1.54) is 18.2 Å². The van der Waals surface area contributed by atoms with Crippen molar-refractivity contribution in [3.8, 4) is 0 Å². The van der Waals surface area contributed by atoms with Crippen molar-refractivity contribution < 1.29 is 13.7 Å². The molecule has 2 aromatic rings. The average Bonchev–Trinajstić information content (AvgIpc) is 3.18. The molecule has 24 heavy (non-hydrogen) atoms. The van der Waals surface area contributed by atoms with Crippen molar-refractivity contribution in [2.45, 2.75) is 38.1 Å². The van der Waals surface area contributed by atoms with Gasteiger partial charge < -0.3 is 9.84 Å². The average molecular weight is 394 g/mol. The van der Waals surface area contributed by atoms with E-state index in [2.05, 4.69) is 31.4 Å². The maximum Gasteiger partial charge on any atom is 0.244 e. The number of amides is 1. The lowest BCUT2D eigenvalue weighted by molar-refractivity contribution is -0.118. The summed E-state index contributed by atoms with van der Waals surface area (Å²) >= 11 is 3.29. The molecule has 1 aromatic heterocycles. The van der Waals surface area contributed by atoms with E-state index < -0.39 is 5.54 Å². The van der Waals surface area contributed by atoms with Gasteiger partial charge in [-0.2, -0.15) is 4.98 Å². The molecule has 3 rings (SSSR count). The Hall–Kier alpha value is -2.02. The Balaban J connectivity index is 1.77. The molecular formula is C17H17BrFN3O2. The zero-order chi connectivity index (χ0) is 17.2. The largest absolute Gasteiger partial charge is 0.340 e. The van der Waals surface area contributed by atoms with E-state index in [9.17, 15) is 9.18 Å². The van der Waals surface area contributed by atoms with Crippen molar-refractivity contribution in [1.82, 2.24) is 15.5 Å². The number of hydrogen-bond donors (Lipinski definition) is 1. The molecule has 0 radical (unpaired) electrons. The van der Waals surface area contributed by atoms with Crippen LogP contribution in [0.3, 0.4) is 0 Å². The van der Waals surface area contributed by atoms with Gasteiger partial charge in [-0.1, -0.05) is 33.9 Å². The minimum absolute atomic E-state index is 0.307. The lowest BCUT2D eigenvalue weighted by Crippen LogP contribution is -2.44. The number of aryl methyl sites for hydroxylation is 1. The van der Waals surface area contributed by atoms with Crippen LogP contribution in [0.2, 0.25) is 0 Å². The Morgan fingerprint density at radius 1 is 1.42 bits per heavy atom. The van der Waals surface area contributed by atoms with E-state index in [-0.39, 0.29) is 11.7 Å². The maximum absolute atomic E-state index is 13.7. The van der Waals surface area contributed by atoms with Crippen LogP contribution in [0.5, 0.6) is 0 Å². The summed E-state index contributed by atoms with van der Waals surface area (Å²) in [4.78, 5) is 16.6. The third kappa shape index (κ3) is 3.56. The number of aromatic nitrogens is 2. The summed E-state index contributed by atoms with van der Waals surface area (Å²) in [5.41, 5.74) is -0.259. The highest BCUT2D eigenvalue weighted by Crippen LogP contribution is 2.37. The SMILES string of the molecule is Cc1nc(C2(NC(=O)/C=C/c3cc(Br)ccc3F)CCCC2)no1. The number of rotatable bonds is 4. The standard InChI is InChI=1S/C17H17BrFN3O2/c1-11-20-16(22-24-11)17(8-2-3-9-17)21-15(23)7-4-12-10-13(18)5-6-14(12)19/h4-7,10H,2-3,8-9H2,1H3,(H,21,23)/b7-4+. The Labute approximate surface area is 147 Å². The van der Waals surface area contributed by atoms with Crippen LogP contribution in [0.4, 0.5) is 4.39 Å². The number of halogens is 2. The van der Waals surface area contributed by atoms with E-state index >= 15 is 0 Å². The minimum atomic E-state index is -0.602. The van der Waals surface area contributed by atoms with Crippen molar-refractivity contribution in [3.63, 3.8) is 0 Å². The van der Waals surface area contributed by atoms with E-state index in [0.29, 0.717) is 17.3 Å². The van der Waals surface area contributed by atoms with E-state index in [1.807, 2.05) is 0 Å². The zero-order valence-electron chi connectivity index (χ0n) is 13.2. The van der Waals surface area contributed by atoms with Crippen LogP contribution in [0.25, 0.3) is 6.08 Å². The zero-order valence-corrected chi connectivity index (χ0v) is 14.8. The van der Waals surface area contributed by atoms with Crippen molar-refractivity contribution in [2.75, 3.05) is 0 Å². The van der Waals surface area contributed by atoms with Gasteiger partial charge in [0, 0.05) is 23.0 Å². The Kier molecular flexibility index (Phi) is 4.80. The van der Waals surface area contributed by atoms with Crippen LogP contribution in [-0.4, -0.2) is 16.0 Å². The maximum atomic E-state index is 13.7. The fourth-order valence-electron chi connectivity index (χ4n) is 2.96. The lowest BCUT2D eigenvalue weighted by Gasteiger charge is -2.25. The molecule has 1 N–H and O–H groups in total. The summed E-state index contributed by atoms with van der Waals surface area (Å²) in [6, 6.07) is 4.58. The molecule has 0 spiro atoms. The lowest BCUT2D eigenvalue weighted by atomic mass is 9.96. The summed E-state index contributed by atoms with van der Waals surface area (Å²) in [5.74, 6) is 0.288. The number of nitrogens with one attached hydrogen (secondary N) is 1. The first-order valence-electron chi connectivity index (χ1n) is 7.75. The highest BCUT2D eigenvalue weighted by atomic mass is 79.9. The van der Waals surface area contributed by atoms with Gasteiger partial charge in [0.15, 0.2) is 5.82 Å². The second kappa shape index (κ2) is 6.84. The fourth-order valence-corrected chi connectivity index (χ4v) is 3.34. The quantitative estimate of drug-likeness (QED) is 0.800. The summed E-state index contributed by atoms with van der Waals surface area (Å²) in [5, 5.41) is 6.96. The molecule has 1 aliphatic rings. The molecule has 5 nitrogen and oxygen atoms in total. The molecule has 0 saturated heterocycles. The third-order valence-corrected chi connectivity index (χ3v) is 4.64. The molecular weight excluding hydrogens is 377 g/mol. The van der Waals surface area contributed by atoms with Crippen LogP contribution >= 0.6 is 15.9 Å². The predicted octanol–water partition coefficient (Wildman–Crippen LogP) is 3.88. The molecule has 7 heteroatoms. The van der Waals surface area contributed by atoms with Crippen LogP contribution in [-0.2, 0) is 10.3 Å². The normalized spacial score (nSPS) is 16.6. The number of nitrogens with zero attached hydrogens (tertiary/aromatic N) is 2. The van der Waals surface area contributed by atoms with Crippen LogP contribution in [0.15, 0.2) is 33.3 Å². The first-order valence-corrected chi connectivity index (χ1v) is 8.54. The topological polar surface area (TPSA) is 68.0 Å². The molecule has 0 aliphatic heterocycles. The van der Waals surface area contributed by atoms with Gasteiger partial charge in [-0.3, -0.25) is 4.79 Å². The smallest absolute Gasteiger partial charge is 0.244 e. The molecule has 1 aliphatic carbocycles. The highest BCUT2D eigenvalue weighted by Gasteiger charge is 2.40. The van der Waals surface area contributed by atoms with Gasteiger partial charge in [0.2, 0.25) is 11.8 Å². The van der Waals surface area contributed by atoms with E-state index in [0.717, 1.165) is 30.2 Å². The Morgan fingerprint density at radius 3 is 2.83 bits per heavy atom. The van der Waals surface area contributed by atoms with Gasteiger partial charge in [0.25, 0.3) is 0 Å². The monoisotopic (exact) mass is 393 g/mol. The van der Waals surface area contributed by atoms with Gasteiger partial charge in [-0.15, -0.1) is 0 Å². The van der Waals surface area contributed by atoms with Gasteiger partial charge in [0.1, 0.15) is 11.4 Å². The molecule has 1 heterocycles. The number of carbonyl (C=O) groups is 1. The molecule has 0 atom stereocenters. The molecule has 126 valence electrons. The number of carbonyl (C=O) groups excluding carboxylic acids is 1. The first-order chi connectivity index (χ1) is 11.5. The number of hydrogen-bond acceptors (Lipinski definition) is 4. The fraction of sp³-hybridized carbons (Fsp3) is 0.353. The molecule has 1 saturated carbocycles. The van der Waals surface area contributed by atoms with Crippen LogP contribution in [0, 0.1) is 12.7 Å². The van der Waals surface area contributed by atoms with Gasteiger partial charge in [0.05, 0.1) is 0 Å². The summed E-state index contributed by atoms with van der Waals surface area (Å²) < 4.78 is 19.5. The molecule has 1 amide bonds. The molecule has 0 bridgehead atoms. The second-order valence-electron chi connectivity index (χ2n) is 5.91. The van der Waals surface area contributed by atoms with Crippen LogP contribution in [0.1, 0.15) is 43.0 Å². The van der Waals surface area contributed by atoms with Crippen molar-refractivity contribution in [2.24, 2.45) is 0 Å². The second-order valence-corrected chi connectivity index (χ2v) is 6.83. The summed E-state index contributed by atoms with van der Waals surface area (Å²) in [6.45, 7) is 1.72. The highest BCUT2D eigenvalue weighted by molar-refractivity contribution is 9.10. The Morgan fingerprint density at radius 2 is 2.17 bits per heavy atom. The van der Waals surface area contributed by atoms with Crippen molar-refractivity contribution >= 4 is 27.9 Å². The first kappa shape index (κ1) is 16.8. The molecule has 0 unspecified atom stereocenters. The third-order valence-electron chi connectivity index (χ3n) is 4.15. The van der Waals surface area contributed by atoms with Crippen molar-refractivity contribution in [1.29, 1.82) is 0 Å². The summed E-state index contributed by atoms with van der Waals surface area (Å²) in [6.07, 6.45) is 6.28. The van der Waals surface area contributed by atoms with Crippen LogP contribution < -0.4 is 5.32 Å². The van der Waals surface area contributed by atoms with Gasteiger partial charge in [-0.25, -0.2) is 4.39 Å². The Bertz CT molecular complexity index is 782. The predicted molar refractivity (Wildman–Crippen MR) is 90.5 cm³/mol. The van der Waals surface area contributed by atoms with Gasteiger partial charge in [-0.05, 0) is 37.1 Å². The minimum Gasteiger partial charge on any atom is -0.340 e. The van der Waals surface area contributed by atoms with Crippen molar-refractivity contribution in [3.05, 3.63) is 51.8 Å². The molecule has 1 fully saturated rings. The van der Waals surface area contributed by atoms with E-state index in [1.54, 1.807) is 19.1 Å².